The van der Waals surface area contributed by atoms with Gasteiger partial charge in [0.1, 0.15) is 0 Å². The van der Waals surface area contributed by atoms with Gasteiger partial charge in [-0.1, -0.05) is 172 Å². The summed E-state index contributed by atoms with van der Waals surface area (Å²) in [6.07, 6.45) is 0. The number of benzene rings is 8. The fraction of sp³-hybridized carbons (Fsp3) is 0.0588. The maximum absolute atomic E-state index is 5.19. The number of hydrogen-bond donors (Lipinski definition) is 0. The van der Waals surface area contributed by atoms with Crippen LogP contribution < -0.4 is 0 Å². The Labute approximate surface area is 310 Å². The summed E-state index contributed by atoms with van der Waals surface area (Å²) >= 11 is 0. The molecule has 1 aromatic heterocycles. The highest BCUT2D eigenvalue weighted by Gasteiger charge is 2.35. The zero-order valence-electron chi connectivity index (χ0n) is 29.7. The van der Waals surface area contributed by atoms with Crippen LogP contribution in [-0.4, -0.2) is 9.97 Å². The zero-order valence-corrected chi connectivity index (χ0v) is 29.7. The summed E-state index contributed by atoms with van der Waals surface area (Å²) in [5, 5.41) is 5.01. The van der Waals surface area contributed by atoms with Gasteiger partial charge in [0, 0.05) is 22.1 Å². The smallest absolute Gasteiger partial charge is 0.160 e. The van der Waals surface area contributed by atoms with Crippen LogP contribution in [0.4, 0.5) is 0 Å². The molecule has 0 fully saturated rings. The van der Waals surface area contributed by atoms with Crippen LogP contribution in [0.2, 0.25) is 0 Å². The minimum Gasteiger partial charge on any atom is -0.228 e. The van der Waals surface area contributed by atoms with Crippen molar-refractivity contribution in [2.45, 2.75) is 19.3 Å². The van der Waals surface area contributed by atoms with Crippen LogP contribution >= 0.6 is 0 Å². The lowest BCUT2D eigenvalue weighted by atomic mass is 9.81. The Morgan fingerprint density at radius 1 is 0.340 bits per heavy atom. The van der Waals surface area contributed by atoms with E-state index in [-0.39, 0.29) is 5.41 Å². The van der Waals surface area contributed by atoms with E-state index in [1.54, 1.807) is 0 Å². The molecule has 0 atom stereocenters. The molecule has 8 aromatic carbocycles. The number of rotatable bonds is 5. The second-order valence-corrected chi connectivity index (χ2v) is 14.6. The van der Waals surface area contributed by atoms with Crippen molar-refractivity contribution in [2.24, 2.45) is 0 Å². The molecule has 1 aliphatic carbocycles. The van der Waals surface area contributed by atoms with E-state index < -0.39 is 0 Å². The van der Waals surface area contributed by atoms with Crippen molar-refractivity contribution in [3.05, 3.63) is 193 Å². The first-order valence-electron chi connectivity index (χ1n) is 18.3. The first kappa shape index (κ1) is 31.1. The second-order valence-electron chi connectivity index (χ2n) is 14.6. The predicted molar refractivity (Wildman–Crippen MR) is 222 cm³/mol. The minimum absolute atomic E-state index is 0.0430. The molecular formula is C51H36N2. The van der Waals surface area contributed by atoms with Gasteiger partial charge in [-0.05, 0) is 90.3 Å². The third-order valence-electron chi connectivity index (χ3n) is 11.1. The molecule has 0 aliphatic heterocycles. The van der Waals surface area contributed by atoms with Crippen molar-refractivity contribution < 1.29 is 0 Å². The SMILES string of the molecule is CC1(C)c2ccccc2-c2cc3ccc4cc(-c5cc(-c6ccccc6)nc(-c6ccc(-c7ccc(-c8ccccc8)cc7)cc6)n5)ccc4c3cc21. The minimum atomic E-state index is -0.0430. The van der Waals surface area contributed by atoms with Gasteiger partial charge in [-0.2, -0.15) is 0 Å². The van der Waals surface area contributed by atoms with Gasteiger partial charge in [0.2, 0.25) is 0 Å². The molecule has 0 unspecified atom stereocenters. The molecule has 0 N–H and O–H groups in total. The molecule has 0 saturated heterocycles. The highest BCUT2D eigenvalue weighted by molar-refractivity contribution is 6.10. The molecule has 250 valence electrons. The van der Waals surface area contributed by atoms with Crippen molar-refractivity contribution >= 4 is 21.5 Å². The van der Waals surface area contributed by atoms with Crippen molar-refractivity contribution in [3.63, 3.8) is 0 Å². The van der Waals surface area contributed by atoms with Crippen LogP contribution in [0.15, 0.2) is 182 Å². The molecule has 0 amide bonds. The third-order valence-corrected chi connectivity index (χ3v) is 11.1. The molecule has 10 rings (SSSR count). The van der Waals surface area contributed by atoms with Crippen LogP contribution in [0.25, 0.3) is 88.8 Å². The molecule has 0 radical (unpaired) electrons. The molecule has 2 heteroatoms. The van der Waals surface area contributed by atoms with Crippen LogP contribution in [0.1, 0.15) is 25.0 Å². The fourth-order valence-corrected chi connectivity index (χ4v) is 8.20. The first-order valence-corrected chi connectivity index (χ1v) is 18.3. The van der Waals surface area contributed by atoms with E-state index in [1.807, 2.05) is 6.07 Å². The monoisotopic (exact) mass is 676 g/mol. The highest BCUT2D eigenvalue weighted by atomic mass is 14.9. The van der Waals surface area contributed by atoms with Gasteiger partial charge < -0.3 is 0 Å². The number of hydrogen-bond acceptors (Lipinski definition) is 2. The summed E-state index contributed by atoms with van der Waals surface area (Å²) in [4.78, 5) is 10.3. The zero-order chi connectivity index (χ0) is 35.5. The molecule has 53 heavy (non-hydrogen) atoms. The molecule has 0 bridgehead atoms. The summed E-state index contributed by atoms with van der Waals surface area (Å²) in [6.45, 7) is 4.70. The molecule has 2 nitrogen and oxygen atoms in total. The van der Waals surface area contributed by atoms with Crippen LogP contribution in [0, 0.1) is 0 Å². The van der Waals surface area contributed by atoms with E-state index in [0.717, 1.165) is 33.6 Å². The van der Waals surface area contributed by atoms with Crippen LogP contribution in [0.5, 0.6) is 0 Å². The number of fused-ring (bicyclic) bond motifs is 6. The van der Waals surface area contributed by atoms with E-state index >= 15 is 0 Å². The van der Waals surface area contributed by atoms with Gasteiger partial charge in [-0.25, -0.2) is 9.97 Å². The highest BCUT2D eigenvalue weighted by Crippen LogP contribution is 2.50. The Morgan fingerprint density at radius 2 is 0.849 bits per heavy atom. The Bertz CT molecular complexity index is 2820. The maximum Gasteiger partial charge on any atom is 0.160 e. The Balaban J connectivity index is 1.03. The van der Waals surface area contributed by atoms with E-state index in [0.29, 0.717) is 5.82 Å². The van der Waals surface area contributed by atoms with Crippen molar-refractivity contribution in [1.82, 2.24) is 9.97 Å². The fourth-order valence-electron chi connectivity index (χ4n) is 8.20. The van der Waals surface area contributed by atoms with Gasteiger partial charge in [-0.15, -0.1) is 0 Å². The average molecular weight is 677 g/mol. The largest absolute Gasteiger partial charge is 0.228 e. The lowest BCUT2D eigenvalue weighted by Crippen LogP contribution is -2.14. The third kappa shape index (κ3) is 5.34. The van der Waals surface area contributed by atoms with Gasteiger partial charge in [0.25, 0.3) is 0 Å². The molecular weight excluding hydrogens is 641 g/mol. The van der Waals surface area contributed by atoms with Crippen molar-refractivity contribution in [3.8, 4) is 67.3 Å². The Kier molecular flexibility index (Phi) is 7.19. The maximum atomic E-state index is 5.19. The number of nitrogens with zero attached hydrogens (tertiary/aromatic N) is 2. The first-order chi connectivity index (χ1) is 26.0. The topological polar surface area (TPSA) is 25.8 Å². The van der Waals surface area contributed by atoms with Crippen molar-refractivity contribution in [2.75, 3.05) is 0 Å². The Hall–Kier alpha value is -6.64. The molecule has 1 aliphatic rings. The summed E-state index contributed by atoms with van der Waals surface area (Å²) in [5.74, 6) is 0.711. The Morgan fingerprint density at radius 3 is 1.51 bits per heavy atom. The van der Waals surface area contributed by atoms with Crippen LogP contribution in [0.3, 0.4) is 0 Å². The second kappa shape index (κ2) is 12.3. The molecule has 0 saturated carbocycles. The number of aromatic nitrogens is 2. The van der Waals surface area contributed by atoms with E-state index in [2.05, 4.69) is 190 Å². The summed E-state index contributed by atoms with van der Waals surface area (Å²) in [7, 11) is 0. The van der Waals surface area contributed by atoms with Gasteiger partial charge >= 0.3 is 0 Å². The van der Waals surface area contributed by atoms with Gasteiger partial charge in [0.05, 0.1) is 11.4 Å². The quantitative estimate of drug-likeness (QED) is 0.170. The van der Waals surface area contributed by atoms with E-state index in [1.165, 1.54) is 60.5 Å². The molecule has 0 spiro atoms. The van der Waals surface area contributed by atoms with Gasteiger partial charge in [0.15, 0.2) is 5.82 Å². The standard InChI is InChI=1S/C51H36N2/c1-51(2)46-16-10-9-15-43(46)45-30-40-26-25-39-29-41(27-28-42(39)44(40)31-47(45)51)49-32-48(37-13-7-4-8-14-37)52-50(53-49)38-23-21-36(22-24-38)35-19-17-34(18-20-35)33-11-5-3-6-12-33/h3-32H,1-2H3. The van der Waals surface area contributed by atoms with Crippen molar-refractivity contribution in [1.29, 1.82) is 0 Å². The predicted octanol–water partition coefficient (Wildman–Crippen LogP) is 13.4. The lowest BCUT2D eigenvalue weighted by molar-refractivity contribution is 0.661. The van der Waals surface area contributed by atoms with E-state index in [9.17, 15) is 0 Å². The lowest BCUT2D eigenvalue weighted by Gasteiger charge is -2.22. The summed E-state index contributed by atoms with van der Waals surface area (Å²) < 4.78 is 0. The normalized spacial score (nSPS) is 12.9. The molecule has 1 heterocycles. The average Bonchev–Trinajstić information content (AvgIpc) is 3.45. The van der Waals surface area contributed by atoms with E-state index in [4.69, 9.17) is 9.97 Å². The van der Waals surface area contributed by atoms with Crippen LogP contribution in [-0.2, 0) is 5.41 Å². The summed E-state index contributed by atoms with van der Waals surface area (Å²) in [6, 6.07) is 65.4. The molecule has 9 aromatic rings. The summed E-state index contributed by atoms with van der Waals surface area (Å²) in [5.41, 5.74) is 15.2. The van der Waals surface area contributed by atoms with Gasteiger partial charge in [-0.3, -0.25) is 0 Å².